The van der Waals surface area contributed by atoms with Gasteiger partial charge in [0, 0.05) is 27.7 Å². The summed E-state index contributed by atoms with van der Waals surface area (Å²) < 4.78 is 21.0. The molecule has 0 saturated heterocycles. The smallest absolute Gasteiger partial charge is 0.136 e. The minimum atomic E-state index is -0.467. The number of fused-ring (bicyclic) bond motifs is 13. The normalized spacial score (nSPS) is 13.2. The molecule has 0 amide bonds. The van der Waals surface area contributed by atoms with Crippen LogP contribution in [0, 0.1) is 5.82 Å². The summed E-state index contributed by atoms with van der Waals surface area (Å²) in [6.45, 7) is 0. The Labute approximate surface area is 300 Å². The Balaban J connectivity index is 1.17. The van der Waals surface area contributed by atoms with Crippen molar-refractivity contribution in [2.24, 2.45) is 0 Å². The lowest BCUT2D eigenvalue weighted by Crippen LogP contribution is -2.26. The van der Waals surface area contributed by atoms with Gasteiger partial charge < -0.3 is 9.32 Å². The third kappa shape index (κ3) is 3.93. The van der Waals surface area contributed by atoms with Crippen molar-refractivity contribution in [1.82, 2.24) is 0 Å². The van der Waals surface area contributed by atoms with Crippen LogP contribution in [0.3, 0.4) is 0 Å². The molecule has 2 aliphatic rings. The van der Waals surface area contributed by atoms with E-state index in [9.17, 15) is 4.39 Å². The lowest BCUT2D eigenvalue weighted by atomic mass is 9.70. The number of benzene rings is 8. The van der Waals surface area contributed by atoms with Crippen molar-refractivity contribution in [3.63, 3.8) is 0 Å². The first kappa shape index (κ1) is 29.1. The predicted molar refractivity (Wildman–Crippen MR) is 210 cm³/mol. The molecule has 0 N–H and O–H groups in total. The van der Waals surface area contributed by atoms with E-state index < -0.39 is 5.41 Å². The number of anilines is 3. The third-order valence-electron chi connectivity index (χ3n) is 11.1. The lowest BCUT2D eigenvalue weighted by molar-refractivity contribution is 0.628. The van der Waals surface area contributed by atoms with E-state index in [1.54, 1.807) is 12.1 Å². The second-order valence-corrected chi connectivity index (χ2v) is 13.8. The van der Waals surface area contributed by atoms with Crippen molar-refractivity contribution in [1.29, 1.82) is 0 Å². The van der Waals surface area contributed by atoms with Gasteiger partial charge in [0.15, 0.2) is 0 Å². The minimum absolute atomic E-state index is 0.268. The highest BCUT2D eigenvalue weighted by atomic mass is 19.1. The lowest BCUT2D eigenvalue weighted by Gasteiger charge is -2.31. The zero-order valence-electron chi connectivity index (χ0n) is 28.1. The van der Waals surface area contributed by atoms with Crippen LogP contribution >= 0.6 is 0 Å². The Morgan fingerprint density at radius 3 is 1.77 bits per heavy atom. The van der Waals surface area contributed by atoms with Crippen LogP contribution in [0.25, 0.3) is 55.3 Å². The number of hydrogen-bond donors (Lipinski definition) is 0. The van der Waals surface area contributed by atoms with Gasteiger partial charge in [0.05, 0.1) is 11.1 Å². The van der Waals surface area contributed by atoms with Crippen molar-refractivity contribution in [2.75, 3.05) is 4.90 Å². The Kier molecular flexibility index (Phi) is 6.09. The van der Waals surface area contributed by atoms with Gasteiger partial charge in [0.2, 0.25) is 0 Å². The van der Waals surface area contributed by atoms with Gasteiger partial charge in [-0.05, 0) is 111 Å². The van der Waals surface area contributed by atoms with E-state index in [-0.39, 0.29) is 5.82 Å². The Morgan fingerprint density at radius 1 is 0.423 bits per heavy atom. The molecule has 0 fully saturated rings. The average molecular weight is 668 g/mol. The van der Waals surface area contributed by atoms with Crippen LogP contribution in [0.2, 0.25) is 0 Å². The third-order valence-corrected chi connectivity index (χ3v) is 11.1. The average Bonchev–Trinajstić information content (AvgIpc) is 3.83. The Bertz CT molecular complexity index is 2820. The van der Waals surface area contributed by atoms with Crippen molar-refractivity contribution in [2.45, 2.75) is 5.41 Å². The first-order valence-electron chi connectivity index (χ1n) is 17.7. The standard InChI is InChI=1S/C49H30FNO/c50-33-22-24-34(25-23-33)51(35-26-28-46-40(30-35)38-27-21-32(29-47(38)52-46)31-11-2-1-3-12-31)45-20-10-19-44-48(45)39-15-6-9-18-43(39)49(44)41-16-7-4-13-36(41)37-14-5-8-17-42(37)49/h1-30H. The SMILES string of the molecule is Fc1ccc(N(c2ccc3oc4cc(-c5ccccc5)ccc4c3c2)c2cccc3c2-c2ccccc2C32c3ccccc3-c3ccccc32)cc1. The monoisotopic (exact) mass is 667 g/mol. The molecule has 11 rings (SSSR count). The maximum absolute atomic E-state index is 14.5. The van der Waals surface area contributed by atoms with Crippen LogP contribution in [0.1, 0.15) is 22.3 Å². The maximum Gasteiger partial charge on any atom is 0.136 e. The molecular formula is C49H30FNO. The first-order chi connectivity index (χ1) is 25.7. The number of hydrogen-bond acceptors (Lipinski definition) is 2. The van der Waals surface area contributed by atoms with Gasteiger partial charge in [-0.25, -0.2) is 4.39 Å². The Morgan fingerprint density at radius 2 is 1.04 bits per heavy atom. The van der Waals surface area contributed by atoms with Crippen molar-refractivity contribution >= 4 is 39.0 Å². The van der Waals surface area contributed by atoms with Crippen molar-refractivity contribution in [3.05, 3.63) is 210 Å². The molecular weight excluding hydrogens is 638 g/mol. The van der Waals surface area contributed by atoms with E-state index in [1.165, 1.54) is 44.5 Å². The fraction of sp³-hybridized carbons (Fsp3) is 0.0204. The van der Waals surface area contributed by atoms with Gasteiger partial charge in [-0.3, -0.25) is 0 Å². The summed E-state index contributed by atoms with van der Waals surface area (Å²) in [6.07, 6.45) is 0. The number of furan rings is 1. The number of rotatable bonds is 4. The molecule has 8 aromatic carbocycles. The van der Waals surface area contributed by atoms with E-state index in [0.29, 0.717) is 0 Å². The van der Waals surface area contributed by atoms with Crippen molar-refractivity contribution < 1.29 is 8.81 Å². The molecule has 1 heterocycles. The highest BCUT2D eigenvalue weighted by molar-refractivity contribution is 6.08. The molecule has 0 saturated carbocycles. The molecule has 244 valence electrons. The highest BCUT2D eigenvalue weighted by Crippen LogP contribution is 2.64. The van der Waals surface area contributed by atoms with Crippen molar-refractivity contribution in [3.8, 4) is 33.4 Å². The quantitative estimate of drug-likeness (QED) is 0.186. The van der Waals surface area contributed by atoms with E-state index >= 15 is 0 Å². The fourth-order valence-corrected chi connectivity index (χ4v) is 9.04. The van der Waals surface area contributed by atoms with Crippen LogP contribution in [-0.2, 0) is 5.41 Å². The minimum Gasteiger partial charge on any atom is -0.456 e. The van der Waals surface area contributed by atoms with Crippen LogP contribution in [0.5, 0.6) is 0 Å². The molecule has 2 aliphatic carbocycles. The fourth-order valence-electron chi connectivity index (χ4n) is 9.04. The molecule has 0 unspecified atom stereocenters. The van der Waals surface area contributed by atoms with Crippen LogP contribution in [-0.4, -0.2) is 0 Å². The molecule has 0 aliphatic heterocycles. The van der Waals surface area contributed by atoms with Crippen LogP contribution in [0.15, 0.2) is 186 Å². The summed E-state index contributed by atoms with van der Waals surface area (Å²) in [6, 6.07) is 63.3. The molecule has 0 bridgehead atoms. The largest absolute Gasteiger partial charge is 0.456 e. The second-order valence-electron chi connectivity index (χ2n) is 13.8. The molecule has 2 nitrogen and oxygen atoms in total. The summed E-state index contributed by atoms with van der Waals surface area (Å²) in [5, 5.41) is 2.08. The second kappa shape index (κ2) is 10.9. The predicted octanol–water partition coefficient (Wildman–Crippen LogP) is 13.2. The van der Waals surface area contributed by atoms with E-state index in [4.69, 9.17) is 4.42 Å². The van der Waals surface area contributed by atoms with E-state index in [2.05, 4.69) is 157 Å². The van der Waals surface area contributed by atoms with Gasteiger partial charge >= 0.3 is 0 Å². The highest BCUT2D eigenvalue weighted by Gasteiger charge is 2.52. The molecule has 1 aromatic heterocycles. The maximum atomic E-state index is 14.5. The van der Waals surface area contributed by atoms with Gasteiger partial charge in [0.1, 0.15) is 17.0 Å². The number of nitrogens with zero attached hydrogens (tertiary/aromatic N) is 1. The summed E-state index contributed by atoms with van der Waals surface area (Å²) in [4.78, 5) is 2.28. The van der Waals surface area contributed by atoms with Gasteiger partial charge in [-0.2, -0.15) is 0 Å². The summed E-state index contributed by atoms with van der Waals surface area (Å²) >= 11 is 0. The molecule has 1 spiro atoms. The summed E-state index contributed by atoms with van der Waals surface area (Å²) in [5.74, 6) is -0.268. The molecule has 52 heavy (non-hydrogen) atoms. The topological polar surface area (TPSA) is 16.4 Å². The molecule has 3 heteroatoms. The number of halogens is 1. The van der Waals surface area contributed by atoms with Gasteiger partial charge in [-0.15, -0.1) is 0 Å². The van der Waals surface area contributed by atoms with Crippen LogP contribution in [0.4, 0.5) is 21.5 Å². The Hall–Kier alpha value is -6.71. The zero-order valence-corrected chi connectivity index (χ0v) is 28.1. The van der Waals surface area contributed by atoms with Gasteiger partial charge in [-0.1, -0.05) is 121 Å². The summed E-state index contributed by atoms with van der Waals surface area (Å²) in [5.41, 5.74) is 16.4. The summed E-state index contributed by atoms with van der Waals surface area (Å²) in [7, 11) is 0. The zero-order chi connectivity index (χ0) is 34.4. The van der Waals surface area contributed by atoms with E-state index in [1.807, 2.05) is 18.2 Å². The molecule has 0 atom stereocenters. The van der Waals surface area contributed by atoms with E-state index in [0.717, 1.165) is 50.1 Å². The molecule has 0 radical (unpaired) electrons. The van der Waals surface area contributed by atoms with Crippen LogP contribution < -0.4 is 4.90 Å². The van der Waals surface area contributed by atoms with Gasteiger partial charge in [0.25, 0.3) is 0 Å². The first-order valence-corrected chi connectivity index (χ1v) is 17.7. The molecule has 9 aromatic rings.